The summed E-state index contributed by atoms with van der Waals surface area (Å²) in [5.74, 6) is -0.787. The van der Waals surface area contributed by atoms with E-state index in [-0.39, 0.29) is 11.7 Å². The van der Waals surface area contributed by atoms with Crippen molar-refractivity contribution < 1.29 is 19.1 Å². The number of benzene rings is 2. The van der Waals surface area contributed by atoms with Crippen LogP contribution in [0.5, 0.6) is 0 Å². The van der Waals surface area contributed by atoms with Crippen molar-refractivity contribution in [1.29, 1.82) is 0 Å². The molecule has 2 heterocycles. The van der Waals surface area contributed by atoms with Crippen molar-refractivity contribution in [2.24, 2.45) is 0 Å². The van der Waals surface area contributed by atoms with E-state index < -0.39 is 12.1 Å². The van der Waals surface area contributed by atoms with Crippen LogP contribution in [0, 0.1) is 6.92 Å². The Hall–Kier alpha value is -3.41. The highest BCUT2D eigenvalue weighted by atomic mass is 16.5. The fraction of sp³-hybridized carbons (Fsp3) is 0.261. The standard InChI is InChI=1S/C23H22N2O4/c1-14-21(18-9-3-4-10-19(18)24-14)22(27)15(2)29-23(28)16-7-5-8-17(13-16)25-12-6-11-20(25)26/h3-5,7-10,13,15,24H,6,11-12H2,1-2H3/t15-/m1/s1. The molecule has 0 radical (unpaired) electrons. The molecule has 4 rings (SSSR count). The molecule has 1 fully saturated rings. The van der Waals surface area contributed by atoms with Gasteiger partial charge in [-0.1, -0.05) is 24.3 Å². The maximum atomic E-state index is 13.0. The topological polar surface area (TPSA) is 79.5 Å². The Labute approximate surface area is 168 Å². The Balaban J connectivity index is 1.53. The van der Waals surface area contributed by atoms with E-state index in [1.807, 2.05) is 31.2 Å². The van der Waals surface area contributed by atoms with Gasteiger partial charge in [0, 0.05) is 40.8 Å². The first-order chi connectivity index (χ1) is 14.0. The molecule has 2 aromatic carbocycles. The number of hydrogen-bond acceptors (Lipinski definition) is 4. The number of nitrogens with one attached hydrogen (secondary N) is 1. The molecule has 1 aromatic heterocycles. The zero-order chi connectivity index (χ0) is 20.5. The second-order valence-corrected chi connectivity index (χ2v) is 7.28. The molecule has 1 N–H and O–H groups in total. The van der Waals surface area contributed by atoms with E-state index in [1.54, 1.807) is 36.1 Å². The summed E-state index contributed by atoms with van der Waals surface area (Å²) in [5, 5.41) is 0.812. The number of ketones is 1. The van der Waals surface area contributed by atoms with Gasteiger partial charge in [-0.05, 0) is 44.5 Å². The summed E-state index contributed by atoms with van der Waals surface area (Å²) >= 11 is 0. The lowest BCUT2D eigenvalue weighted by Crippen LogP contribution is -2.26. The molecule has 29 heavy (non-hydrogen) atoms. The average molecular weight is 390 g/mol. The highest BCUT2D eigenvalue weighted by Crippen LogP contribution is 2.25. The molecule has 0 aliphatic carbocycles. The smallest absolute Gasteiger partial charge is 0.338 e. The SMILES string of the molecule is Cc1[nH]c2ccccc2c1C(=O)[C@@H](C)OC(=O)c1cccc(N2CCCC2=O)c1. The number of carbonyl (C=O) groups excluding carboxylic acids is 3. The van der Waals surface area contributed by atoms with Crippen LogP contribution in [-0.4, -0.2) is 35.3 Å². The van der Waals surface area contributed by atoms with Gasteiger partial charge in [-0.3, -0.25) is 9.59 Å². The first-order valence-electron chi connectivity index (χ1n) is 9.68. The van der Waals surface area contributed by atoms with Crippen LogP contribution in [0.3, 0.4) is 0 Å². The lowest BCUT2D eigenvalue weighted by molar-refractivity contribution is -0.117. The summed E-state index contributed by atoms with van der Waals surface area (Å²) in [4.78, 5) is 42.4. The Kier molecular flexibility index (Phi) is 4.92. The Morgan fingerprint density at radius 3 is 2.69 bits per heavy atom. The van der Waals surface area contributed by atoms with Crippen LogP contribution in [0.4, 0.5) is 5.69 Å². The van der Waals surface area contributed by atoms with Gasteiger partial charge < -0.3 is 14.6 Å². The molecule has 1 amide bonds. The molecule has 1 aliphatic heterocycles. The quantitative estimate of drug-likeness (QED) is 0.527. The monoisotopic (exact) mass is 390 g/mol. The molecule has 1 atom stereocenters. The van der Waals surface area contributed by atoms with Crippen molar-refractivity contribution in [3.05, 3.63) is 65.4 Å². The number of nitrogens with zero attached hydrogens (tertiary/aromatic N) is 1. The van der Waals surface area contributed by atoms with Crippen LogP contribution in [0.1, 0.15) is 46.2 Å². The Bertz CT molecular complexity index is 1120. The predicted octanol–water partition coefficient (Wildman–Crippen LogP) is 4.03. The fourth-order valence-corrected chi connectivity index (χ4v) is 3.80. The number of para-hydroxylation sites is 1. The highest BCUT2D eigenvalue weighted by molar-refractivity contribution is 6.11. The van der Waals surface area contributed by atoms with Crippen molar-refractivity contribution in [3.8, 4) is 0 Å². The van der Waals surface area contributed by atoms with Gasteiger partial charge >= 0.3 is 5.97 Å². The van der Waals surface area contributed by atoms with E-state index in [2.05, 4.69) is 4.98 Å². The first-order valence-corrected chi connectivity index (χ1v) is 9.68. The van der Waals surface area contributed by atoms with Gasteiger partial charge in [0.05, 0.1) is 5.56 Å². The zero-order valence-corrected chi connectivity index (χ0v) is 16.4. The number of aromatic nitrogens is 1. The van der Waals surface area contributed by atoms with Crippen molar-refractivity contribution in [1.82, 2.24) is 4.98 Å². The molecule has 0 saturated carbocycles. The number of amides is 1. The number of anilines is 1. The van der Waals surface area contributed by atoms with Crippen molar-refractivity contribution in [3.63, 3.8) is 0 Å². The average Bonchev–Trinajstić information content (AvgIpc) is 3.29. The number of fused-ring (bicyclic) bond motifs is 1. The minimum absolute atomic E-state index is 0.0499. The van der Waals surface area contributed by atoms with Crippen LogP contribution in [-0.2, 0) is 9.53 Å². The third-order valence-electron chi connectivity index (χ3n) is 5.26. The second kappa shape index (κ2) is 7.54. The fourth-order valence-electron chi connectivity index (χ4n) is 3.80. The minimum Gasteiger partial charge on any atom is -0.451 e. The largest absolute Gasteiger partial charge is 0.451 e. The maximum Gasteiger partial charge on any atom is 0.338 e. The van der Waals surface area contributed by atoms with Gasteiger partial charge in [0.25, 0.3) is 0 Å². The molecule has 6 nitrogen and oxygen atoms in total. The summed E-state index contributed by atoms with van der Waals surface area (Å²) in [6.07, 6.45) is 0.394. The molecular formula is C23H22N2O4. The molecule has 0 unspecified atom stereocenters. The van der Waals surface area contributed by atoms with Gasteiger partial charge in [-0.2, -0.15) is 0 Å². The lowest BCUT2D eigenvalue weighted by Gasteiger charge is -2.17. The number of hydrogen-bond donors (Lipinski definition) is 1. The molecule has 1 saturated heterocycles. The van der Waals surface area contributed by atoms with Crippen LogP contribution in [0.25, 0.3) is 10.9 Å². The van der Waals surface area contributed by atoms with E-state index in [0.717, 1.165) is 23.0 Å². The lowest BCUT2D eigenvalue weighted by atomic mass is 10.0. The van der Waals surface area contributed by atoms with Crippen LogP contribution in [0.15, 0.2) is 48.5 Å². The molecule has 148 valence electrons. The number of Topliss-reactive ketones (excluding diaryl/α,β-unsaturated/α-hetero) is 1. The summed E-state index contributed by atoms with van der Waals surface area (Å²) < 4.78 is 5.46. The van der Waals surface area contributed by atoms with E-state index in [0.29, 0.717) is 29.8 Å². The molecular weight excluding hydrogens is 368 g/mol. The molecule has 3 aromatic rings. The number of ether oxygens (including phenoxy) is 1. The van der Waals surface area contributed by atoms with Crippen molar-refractivity contribution in [2.75, 3.05) is 11.4 Å². The third kappa shape index (κ3) is 3.53. The van der Waals surface area contributed by atoms with Crippen LogP contribution in [0.2, 0.25) is 0 Å². The molecule has 0 bridgehead atoms. The number of H-pyrrole nitrogens is 1. The van der Waals surface area contributed by atoms with E-state index in [1.165, 1.54) is 0 Å². The van der Waals surface area contributed by atoms with Gasteiger partial charge in [-0.15, -0.1) is 0 Å². The summed E-state index contributed by atoms with van der Waals surface area (Å²) in [6, 6.07) is 14.3. The number of aromatic amines is 1. The number of carbonyl (C=O) groups is 3. The molecule has 0 spiro atoms. The highest BCUT2D eigenvalue weighted by Gasteiger charge is 2.26. The van der Waals surface area contributed by atoms with Gasteiger partial charge in [-0.25, -0.2) is 4.79 Å². The summed E-state index contributed by atoms with van der Waals surface area (Å²) in [5.41, 5.74) is 3.15. The minimum atomic E-state index is -0.933. The van der Waals surface area contributed by atoms with Gasteiger partial charge in [0.15, 0.2) is 6.10 Å². The third-order valence-corrected chi connectivity index (χ3v) is 5.26. The molecule has 1 aliphatic rings. The van der Waals surface area contributed by atoms with Crippen LogP contribution >= 0.6 is 0 Å². The van der Waals surface area contributed by atoms with Gasteiger partial charge in [0.2, 0.25) is 11.7 Å². The van der Waals surface area contributed by atoms with E-state index >= 15 is 0 Å². The zero-order valence-electron chi connectivity index (χ0n) is 16.4. The van der Waals surface area contributed by atoms with Crippen molar-refractivity contribution in [2.45, 2.75) is 32.8 Å². The predicted molar refractivity (Wildman–Crippen MR) is 110 cm³/mol. The van der Waals surface area contributed by atoms with E-state index in [9.17, 15) is 14.4 Å². The normalized spacial score (nSPS) is 15.0. The van der Waals surface area contributed by atoms with Gasteiger partial charge in [0.1, 0.15) is 0 Å². The second-order valence-electron chi connectivity index (χ2n) is 7.28. The van der Waals surface area contributed by atoms with E-state index in [4.69, 9.17) is 4.74 Å². The van der Waals surface area contributed by atoms with Crippen LogP contribution < -0.4 is 4.90 Å². The number of rotatable bonds is 5. The number of esters is 1. The first kappa shape index (κ1) is 18.9. The maximum absolute atomic E-state index is 13.0. The summed E-state index contributed by atoms with van der Waals surface area (Å²) in [7, 11) is 0. The summed E-state index contributed by atoms with van der Waals surface area (Å²) in [6.45, 7) is 4.06. The Morgan fingerprint density at radius 2 is 1.93 bits per heavy atom. The Morgan fingerprint density at radius 1 is 1.14 bits per heavy atom. The number of aryl methyl sites for hydroxylation is 1. The van der Waals surface area contributed by atoms with Crippen molar-refractivity contribution >= 4 is 34.3 Å². The molecule has 6 heteroatoms.